The molecule has 0 aliphatic heterocycles. The van der Waals surface area contributed by atoms with Gasteiger partial charge in [-0.15, -0.1) is 0 Å². The van der Waals surface area contributed by atoms with Crippen molar-refractivity contribution in [3.63, 3.8) is 0 Å². The van der Waals surface area contributed by atoms with Gasteiger partial charge in [0, 0.05) is 6.42 Å². The number of aliphatic hydroxyl groups is 12. The van der Waals surface area contributed by atoms with Gasteiger partial charge in [-0.25, -0.2) is 0 Å². The van der Waals surface area contributed by atoms with Gasteiger partial charge in [-0.2, -0.15) is 0 Å². The van der Waals surface area contributed by atoms with Crippen LogP contribution >= 0.6 is 0 Å². The standard InChI is InChI=1S/C12H26O13.C12H24O2/c13-1-3(15)5(17)7(19)9(21)11(23)25-12(24)10(22)8(20)6(18)4(16)2-14;1-2-3-4-5-6-7-8-9-10-11-12(13)14/h3-24H,1-2H2;2-11H2,1H3,(H,13,14)/t3-,4-,5-,6-,7+,8+,9-,10-,11?,12?;/m1./s1. The molecule has 13 N–H and O–H groups in total. The van der Waals surface area contributed by atoms with Gasteiger partial charge in [0.25, 0.3) is 0 Å². The van der Waals surface area contributed by atoms with Gasteiger partial charge in [-0.1, -0.05) is 58.3 Å². The van der Waals surface area contributed by atoms with Gasteiger partial charge in [0.15, 0.2) is 12.6 Å². The molecule has 0 radical (unpaired) electrons. The van der Waals surface area contributed by atoms with E-state index in [9.17, 15) is 45.6 Å². The summed E-state index contributed by atoms with van der Waals surface area (Å²) in [4.78, 5) is 10.2. The van der Waals surface area contributed by atoms with Crippen LogP contribution in [0.25, 0.3) is 0 Å². The molecule has 10 atom stereocenters. The fourth-order valence-electron chi connectivity index (χ4n) is 3.30. The van der Waals surface area contributed by atoms with Gasteiger partial charge in [-0.05, 0) is 6.42 Å². The summed E-state index contributed by atoms with van der Waals surface area (Å²) in [6.07, 6.45) is -10.4. The summed E-state index contributed by atoms with van der Waals surface area (Å²) in [5.41, 5.74) is 0. The highest BCUT2D eigenvalue weighted by Gasteiger charge is 2.39. The minimum Gasteiger partial charge on any atom is -0.481 e. The molecule has 0 saturated carbocycles. The third-order valence-corrected chi connectivity index (χ3v) is 5.92. The molecule has 0 aromatic carbocycles. The molecule has 0 aromatic heterocycles. The van der Waals surface area contributed by atoms with Gasteiger partial charge in [-0.3, -0.25) is 4.79 Å². The lowest BCUT2D eigenvalue weighted by Crippen LogP contribution is -2.54. The van der Waals surface area contributed by atoms with E-state index in [4.69, 9.17) is 25.5 Å². The molecule has 0 fully saturated rings. The normalized spacial score (nSPS) is 19.4. The SMILES string of the molecule is CCCCCCCCCCCC(=O)O.OC[C@@H](O)[C@@H](O)[C@H](O)[C@@H](O)C(O)OC(O)[C@H](O)[C@@H](O)[C@H](O)[C@H](O)CO. The number of aliphatic carboxylic acids is 1. The molecule has 0 aromatic rings. The molecule has 2 unspecified atom stereocenters. The van der Waals surface area contributed by atoms with Crippen molar-refractivity contribution < 1.29 is 75.9 Å². The maximum Gasteiger partial charge on any atom is 0.303 e. The van der Waals surface area contributed by atoms with Crippen LogP contribution in [0.3, 0.4) is 0 Å². The topological polar surface area (TPSA) is 289 Å². The van der Waals surface area contributed by atoms with Gasteiger partial charge in [0.1, 0.15) is 48.8 Å². The summed E-state index contributed by atoms with van der Waals surface area (Å²) < 4.78 is 4.32. The highest BCUT2D eigenvalue weighted by Crippen LogP contribution is 2.15. The number of aliphatic hydroxyl groups excluding tert-OH is 12. The van der Waals surface area contributed by atoms with Crippen molar-refractivity contribution in [2.45, 2.75) is 133 Å². The molecule has 236 valence electrons. The number of unbranched alkanes of at least 4 members (excludes halogenated alkanes) is 8. The molecule has 0 amide bonds. The maximum absolute atomic E-state index is 10.2. The average molecular weight is 579 g/mol. The van der Waals surface area contributed by atoms with Crippen LogP contribution in [-0.4, -0.2) is 147 Å². The van der Waals surface area contributed by atoms with Crippen LogP contribution in [0.2, 0.25) is 0 Å². The number of carbonyl (C=O) groups is 1. The van der Waals surface area contributed by atoms with E-state index in [1.807, 2.05) is 0 Å². The quantitative estimate of drug-likeness (QED) is 0.0438. The van der Waals surface area contributed by atoms with Gasteiger partial charge < -0.3 is 71.1 Å². The molecule has 0 aliphatic carbocycles. The molecule has 0 aliphatic rings. The molecule has 15 heteroatoms. The lowest BCUT2D eigenvalue weighted by molar-refractivity contribution is -0.295. The molecule has 0 spiro atoms. The molecule has 39 heavy (non-hydrogen) atoms. The van der Waals surface area contributed by atoms with Crippen LogP contribution in [0.5, 0.6) is 0 Å². The second-order valence-electron chi connectivity index (χ2n) is 9.33. The number of carboxylic acids is 1. The fourth-order valence-corrected chi connectivity index (χ4v) is 3.30. The summed E-state index contributed by atoms with van der Waals surface area (Å²) in [5.74, 6) is -0.659. The van der Waals surface area contributed by atoms with E-state index in [2.05, 4.69) is 11.7 Å². The van der Waals surface area contributed by atoms with Crippen molar-refractivity contribution in [2.24, 2.45) is 0 Å². The number of rotatable bonds is 22. The van der Waals surface area contributed by atoms with Gasteiger partial charge >= 0.3 is 5.97 Å². The zero-order chi connectivity index (χ0) is 30.5. The van der Waals surface area contributed by atoms with Crippen molar-refractivity contribution in [1.82, 2.24) is 0 Å². The summed E-state index contributed by atoms with van der Waals surface area (Å²) in [7, 11) is 0. The first-order valence-electron chi connectivity index (χ1n) is 13.2. The van der Waals surface area contributed by atoms with Crippen LogP contribution in [0.4, 0.5) is 0 Å². The molecule has 15 nitrogen and oxygen atoms in total. The van der Waals surface area contributed by atoms with Crippen LogP contribution in [-0.2, 0) is 9.53 Å². The minimum absolute atomic E-state index is 0.343. The highest BCUT2D eigenvalue weighted by molar-refractivity contribution is 5.66. The smallest absolute Gasteiger partial charge is 0.303 e. The van der Waals surface area contributed by atoms with E-state index in [1.165, 1.54) is 44.9 Å². The van der Waals surface area contributed by atoms with E-state index in [0.29, 0.717) is 6.42 Å². The number of ether oxygens (including phenoxy) is 1. The Hall–Kier alpha value is -1.05. The first-order chi connectivity index (χ1) is 18.3. The lowest BCUT2D eigenvalue weighted by Gasteiger charge is -2.32. The van der Waals surface area contributed by atoms with Crippen molar-refractivity contribution >= 4 is 5.97 Å². The molecular formula is C24H50O15. The van der Waals surface area contributed by atoms with E-state index in [-0.39, 0.29) is 0 Å². The Morgan fingerprint density at radius 2 is 0.872 bits per heavy atom. The van der Waals surface area contributed by atoms with E-state index in [0.717, 1.165) is 12.8 Å². The summed E-state index contributed by atoms with van der Waals surface area (Å²) in [5, 5.41) is 120. The Kier molecular flexibility index (Phi) is 24.3. The molecular weight excluding hydrogens is 528 g/mol. The van der Waals surface area contributed by atoms with E-state index in [1.54, 1.807) is 0 Å². The number of hydrogen-bond acceptors (Lipinski definition) is 14. The first kappa shape index (κ1) is 40.1. The molecule has 0 saturated heterocycles. The number of carboxylic acid groups (broad SMARTS) is 1. The zero-order valence-electron chi connectivity index (χ0n) is 22.4. The average Bonchev–Trinajstić information content (AvgIpc) is 2.92. The Bertz CT molecular complexity index is 552. The summed E-state index contributed by atoms with van der Waals surface area (Å²) in [6, 6.07) is 0. The minimum atomic E-state index is -2.44. The Labute approximate surface area is 228 Å². The first-order valence-corrected chi connectivity index (χ1v) is 13.2. The molecule has 0 rings (SSSR count). The van der Waals surface area contributed by atoms with Crippen LogP contribution < -0.4 is 0 Å². The van der Waals surface area contributed by atoms with Crippen LogP contribution in [0, 0.1) is 0 Å². The summed E-state index contributed by atoms with van der Waals surface area (Å²) in [6.45, 7) is 0.285. The maximum atomic E-state index is 10.2. The predicted octanol–water partition coefficient (Wildman–Crippen LogP) is -3.50. The van der Waals surface area contributed by atoms with Crippen molar-refractivity contribution in [2.75, 3.05) is 13.2 Å². The fraction of sp³-hybridized carbons (Fsp3) is 0.958. The monoisotopic (exact) mass is 578 g/mol. The Morgan fingerprint density at radius 3 is 1.18 bits per heavy atom. The summed E-state index contributed by atoms with van der Waals surface area (Å²) >= 11 is 0. The van der Waals surface area contributed by atoms with E-state index < -0.39 is 80.6 Å². The van der Waals surface area contributed by atoms with Crippen molar-refractivity contribution in [1.29, 1.82) is 0 Å². The van der Waals surface area contributed by atoms with Gasteiger partial charge in [0.05, 0.1) is 13.2 Å². The number of hydrogen-bond donors (Lipinski definition) is 13. The van der Waals surface area contributed by atoms with Crippen LogP contribution in [0.1, 0.15) is 71.1 Å². The Morgan fingerprint density at radius 1 is 0.538 bits per heavy atom. The molecule has 0 bridgehead atoms. The lowest BCUT2D eigenvalue weighted by atomic mass is 10.0. The Balaban J connectivity index is 0. The highest BCUT2D eigenvalue weighted by atomic mass is 16.7. The second kappa shape index (κ2) is 23.6. The largest absolute Gasteiger partial charge is 0.481 e. The van der Waals surface area contributed by atoms with Gasteiger partial charge in [0.2, 0.25) is 0 Å². The van der Waals surface area contributed by atoms with Crippen molar-refractivity contribution in [3.05, 3.63) is 0 Å². The van der Waals surface area contributed by atoms with Crippen molar-refractivity contribution in [3.8, 4) is 0 Å². The van der Waals surface area contributed by atoms with E-state index >= 15 is 0 Å². The zero-order valence-corrected chi connectivity index (χ0v) is 22.4. The third-order valence-electron chi connectivity index (χ3n) is 5.92. The second-order valence-corrected chi connectivity index (χ2v) is 9.33. The predicted molar refractivity (Wildman–Crippen MR) is 135 cm³/mol. The van der Waals surface area contributed by atoms with Crippen LogP contribution in [0.15, 0.2) is 0 Å². The molecule has 0 heterocycles. The third kappa shape index (κ3) is 18.1.